The molecule has 1 aromatic heterocycles. The van der Waals surface area contributed by atoms with E-state index in [1.807, 2.05) is 0 Å². The largest absolute Gasteiger partial charge is 0.480 e. The van der Waals surface area contributed by atoms with Crippen molar-refractivity contribution in [2.24, 2.45) is 23.7 Å². The molecule has 3 aliphatic rings. The minimum absolute atomic E-state index is 0. The van der Waals surface area contributed by atoms with E-state index in [4.69, 9.17) is 16.3 Å². The van der Waals surface area contributed by atoms with Gasteiger partial charge in [0.25, 0.3) is 5.91 Å². The van der Waals surface area contributed by atoms with Gasteiger partial charge in [-0.1, -0.05) is 23.8 Å². The van der Waals surface area contributed by atoms with E-state index < -0.39 is 16.2 Å². The number of fused-ring (bicyclic) bond motifs is 2. The van der Waals surface area contributed by atoms with Crippen LogP contribution in [-0.4, -0.2) is 68.4 Å². The van der Waals surface area contributed by atoms with Gasteiger partial charge in [0.2, 0.25) is 5.88 Å². The molecule has 2 aliphatic carbocycles. The Kier molecular flexibility index (Phi) is 9.56. The van der Waals surface area contributed by atoms with Crippen LogP contribution in [0.2, 0.25) is 5.02 Å². The number of nitrogens with zero attached hydrogens (tertiary/aromatic N) is 2. The summed E-state index contributed by atoms with van der Waals surface area (Å²) in [4.78, 5) is 28.7. The van der Waals surface area contributed by atoms with Crippen molar-refractivity contribution >= 4 is 33.7 Å². The van der Waals surface area contributed by atoms with Gasteiger partial charge in [0.1, 0.15) is 5.56 Å². The van der Waals surface area contributed by atoms with Gasteiger partial charge >= 0.3 is 16.2 Å². The van der Waals surface area contributed by atoms with E-state index in [9.17, 15) is 18.0 Å². The molecular formula is C23H34ClN5O6S. The zero-order valence-corrected chi connectivity index (χ0v) is 21.8. The van der Waals surface area contributed by atoms with Crippen LogP contribution in [0.25, 0.3) is 0 Å². The van der Waals surface area contributed by atoms with Gasteiger partial charge in [0.15, 0.2) is 0 Å². The van der Waals surface area contributed by atoms with Crippen molar-refractivity contribution in [3.63, 3.8) is 0 Å². The fraction of sp³-hybridized carbons (Fsp3) is 0.609. The summed E-state index contributed by atoms with van der Waals surface area (Å²) in [6, 6.07) is 0.830. The standard InChI is InChI=1S/C23H32ClN5O5S.H2O/c1-34-22-20(12-19(24)14-26-22)21(30)25-7-4-15-5-8-29(9-6-15)35(32,33)28-23(31)27-13-18-11-16-2-3-17(18)10-16;/h2-3,12,14-18H,4-11,13H2,1H3,(H,25,30)(H2,27,28,31);1H2/t16-,17-,18+;/m1./s1. The Balaban J connectivity index is 0.00000361. The number of carbonyl (C=O) groups is 2. The number of nitrogens with one attached hydrogen (secondary N) is 3. The van der Waals surface area contributed by atoms with E-state index in [0.717, 1.165) is 12.8 Å². The topological polar surface area (TPSA) is 161 Å². The average Bonchev–Trinajstić information content (AvgIpc) is 3.46. The Bertz CT molecular complexity index is 1080. The summed E-state index contributed by atoms with van der Waals surface area (Å²) in [7, 11) is -2.46. The Hall–Kier alpha value is -2.41. The predicted molar refractivity (Wildman–Crippen MR) is 135 cm³/mol. The second-order valence-corrected chi connectivity index (χ2v) is 11.6. The molecule has 0 spiro atoms. The number of carbonyl (C=O) groups excluding carboxylic acids is 2. The average molecular weight is 544 g/mol. The van der Waals surface area contributed by atoms with Crippen LogP contribution in [0, 0.1) is 23.7 Å². The van der Waals surface area contributed by atoms with Gasteiger partial charge in [0, 0.05) is 32.4 Å². The Labute approximate surface area is 216 Å². The number of rotatable bonds is 9. The number of amides is 3. The minimum Gasteiger partial charge on any atom is -0.480 e. The molecule has 3 amide bonds. The van der Waals surface area contributed by atoms with Crippen molar-refractivity contribution in [2.75, 3.05) is 33.3 Å². The normalized spacial score (nSPS) is 23.7. The Morgan fingerprint density at radius 3 is 2.58 bits per heavy atom. The van der Waals surface area contributed by atoms with Gasteiger partial charge in [-0.2, -0.15) is 12.7 Å². The number of aromatic nitrogens is 1. The van der Waals surface area contributed by atoms with Gasteiger partial charge < -0.3 is 20.8 Å². The van der Waals surface area contributed by atoms with Gasteiger partial charge in [-0.3, -0.25) is 4.79 Å². The van der Waals surface area contributed by atoms with Crippen LogP contribution in [0.3, 0.4) is 0 Å². The third kappa shape index (κ3) is 6.87. The Morgan fingerprint density at radius 1 is 1.19 bits per heavy atom. The molecule has 11 nitrogen and oxygen atoms in total. The summed E-state index contributed by atoms with van der Waals surface area (Å²) in [5, 5.41) is 5.91. The smallest absolute Gasteiger partial charge is 0.329 e. The maximum Gasteiger partial charge on any atom is 0.329 e. The fourth-order valence-corrected chi connectivity index (χ4v) is 6.53. The lowest BCUT2D eigenvalue weighted by atomic mass is 9.94. The number of urea groups is 1. The molecular weight excluding hydrogens is 510 g/mol. The molecule has 1 aliphatic heterocycles. The summed E-state index contributed by atoms with van der Waals surface area (Å²) in [6.07, 6.45) is 10.0. The predicted octanol–water partition coefficient (Wildman–Crippen LogP) is 1.51. The van der Waals surface area contributed by atoms with Crippen molar-refractivity contribution in [2.45, 2.75) is 32.1 Å². The van der Waals surface area contributed by atoms with Crippen LogP contribution >= 0.6 is 11.6 Å². The van der Waals surface area contributed by atoms with Crippen LogP contribution < -0.4 is 20.1 Å². The van der Waals surface area contributed by atoms with Crippen LogP contribution in [0.5, 0.6) is 5.88 Å². The lowest BCUT2D eigenvalue weighted by Gasteiger charge is -2.31. The molecule has 1 saturated heterocycles. The zero-order valence-electron chi connectivity index (χ0n) is 20.2. The maximum atomic E-state index is 12.6. The molecule has 2 bridgehead atoms. The molecule has 5 N–H and O–H groups in total. The van der Waals surface area contributed by atoms with Crippen molar-refractivity contribution in [1.29, 1.82) is 0 Å². The second kappa shape index (κ2) is 12.2. The number of halogens is 1. The number of piperidine rings is 1. The van der Waals surface area contributed by atoms with Crippen molar-refractivity contribution in [3.05, 3.63) is 35.0 Å². The monoisotopic (exact) mass is 543 g/mol. The zero-order chi connectivity index (χ0) is 25.0. The van der Waals surface area contributed by atoms with Gasteiger partial charge in [-0.05, 0) is 61.8 Å². The molecule has 4 rings (SSSR count). The molecule has 0 aromatic carbocycles. The van der Waals surface area contributed by atoms with Gasteiger partial charge in [0.05, 0.1) is 12.1 Å². The van der Waals surface area contributed by atoms with Crippen LogP contribution in [0.1, 0.15) is 42.5 Å². The first-order valence-corrected chi connectivity index (χ1v) is 13.8. The highest BCUT2D eigenvalue weighted by Crippen LogP contribution is 2.42. The van der Waals surface area contributed by atoms with E-state index in [2.05, 4.69) is 32.5 Å². The number of hydrogen-bond donors (Lipinski definition) is 3. The molecule has 200 valence electrons. The SMILES string of the molecule is COc1ncc(Cl)cc1C(=O)NCCC1CCN(S(=O)(=O)NC(=O)NC[C@@H]2C[C@@H]3C=C[C@@H]2C3)CC1.O. The number of methoxy groups -OCH3 is 1. The third-order valence-corrected chi connectivity index (χ3v) is 8.87. The van der Waals surface area contributed by atoms with E-state index in [1.165, 1.54) is 23.7 Å². The number of pyridine rings is 1. The molecule has 0 radical (unpaired) electrons. The van der Waals surface area contributed by atoms with Crippen LogP contribution in [0.15, 0.2) is 24.4 Å². The highest BCUT2D eigenvalue weighted by Gasteiger charge is 2.36. The molecule has 2 fully saturated rings. The summed E-state index contributed by atoms with van der Waals surface area (Å²) in [6.45, 7) is 1.57. The summed E-state index contributed by atoms with van der Waals surface area (Å²) < 4.78 is 33.8. The summed E-state index contributed by atoms with van der Waals surface area (Å²) >= 11 is 5.93. The van der Waals surface area contributed by atoms with Crippen molar-refractivity contribution in [3.8, 4) is 5.88 Å². The summed E-state index contributed by atoms with van der Waals surface area (Å²) in [5.41, 5.74) is 0.266. The highest BCUT2D eigenvalue weighted by atomic mass is 35.5. The van der Waals surface area contributed by atoms with Crippen LogP contribution in [-0.2, 0) is 10.2 Å². The van der Waals surface area contributed by atoms with E-state index in [-0.39, 0.29) is 28.7 Å². The maximum absolute atomic E-state index is 12.6. The molecule has 1 aromatic rings. The molecule has 13 heteroatoms. The van der Waals surface area contributed by atoms with E-state index in [0.29, 0.717) is 68.2 Å². The molecule has 0 unspecified atom stereocenters. The summed E-state index contributed by atoms with van der Waals surface area (Å²) in [5.74, 6) is 1.62. The number of ether oxygens (including phenoxy) is 1. The Morgan fingerprint density at radius 2 is 1.94 bits per heavy atom. The highest BCUT2D eigenvalue weighted by molar-refractivity contribution is 7.87. The molecule has 36 heavy (non-hydrogen) atoms. The minimum atomic E-state index is -3.89. The fourth-order valence-electron chi connectivity index (χ4n) is 5.25. The molecule has 3 atom stereocenters. The van der Waals surface area contributed by atoms with Gasteiger partial charge in [-0.15, -0.1) is 0 Å². The van der Waals surface area contributed by atoms with Crippen molar-refractivity contribution < 1.29 is 28.2 Å². The molecule has 2 heterocycles. The first-order valence-electron chi connectivity index (χ1n) is 12.0. The first kappa shape index (κ1) is 28.2. The van der Waals surface area contributed by atoms with E-state index >= 15 is 0 Å². The number of allylic oxidation sites excluding steroid dienone is 2. The molecule has 1 saturated carbocycles. The third-order valence-electron chi connectivity index (χ3n) is 7.17. The van der Waals surface area contributed by atoms with Gasteiger partial charge in [-0.25, -0.2) is 14.5 Å². The second-order valence-electron chi connectivity index (χ2n) is 9.45. The number of hydrogen-bond acceptors (Lipinski definition) is 6. The first-order chi connectivity index (χ1) is 16.7. The van der Waals surface area contributed by atoms with Crippen molar-refractivity contribution in [1.82, 2.24) is 24.6 Å². The lowest BCUT2D eigenvalue weighted by molar-refractivity contribution is 0.0946. The van der Waals surface area contributed by atoms with E-state index in [1.54, 1.807) is 0 Å². The lowest BCUT2D eigenvalue weighted by Crippen LogP contribution is -2.50. The quantitative estimate of drug-likeness (QED) is 0.400. The van der Waals surface area contributed by atoms with Crippen LogP contribution in [0.4, 0.5) is 4.79 Å².